The number of aromatic nitrogens is 4. The maximum atomic E-state index is 5.28. The second-order valence-corrected chi connectivity index (χ2v) is 3.68. The molecule has 0 aromatic carbocycles. The molecule has 5 nitrogen and oxygen atoms in total. The van der Waals surface area contributed by atoms with E-state index in [4.69, 9.17) is 4.42 Å². The number of aryl methyl sites for hydroxylation is 2. The van der Waals surface area contributed by atoms with Crippen molar-refractivity contribution in [3.8, 4) is 11.6 Å². The van der Waals surface area contributed by atoms with Gasteiger partial charge in [0.25, 0.3) is 0 Å². The number of H-pyrrole nitrogens is 1. The highest BCUT2D eigenvalue weighted by molar-refractivity contribution is 5.75. The lowest BCUT2D eigenvalue weighted by Crippen LogP contribution is -1.81. The Labute approximate surface area is 91.6 Å². The Balaban J connectivity index is 2.23. The fourth-order valence-corrected chi connectivity index (χ4v) is 1.62. The number of oxazole rings is 1. The zero-order chi connectivity index (χ0) is 11.1. The summed E-state index contributed by atoms with van der Waals surface area (Å²) in [4.78, 5) is 15.9. The number of nitrogens with zero attached hydrogens (tertiary/aromatic N) is 3. The summed E-state index contributed by atoms with van der Waals surface area (Å²) in [6, 6.07) is 3.90. The monoisotopic (exact) mass is 214 g/mol. The van der Waals surface area contributed by atoms with E-state index in [0.717, 1.165) is 16.9 Å². The van der Waals surface area contributed by atoms with E-state index < -0.39 is 0 Å². The summed E-state index contributed by atoms with van der Waals surface area (Å²) in [7, 11) is 0. The van der Waals surface area contributed by atoms with E-state index >= 15 is 0 Å². The molecule has 0 atom stereocenters. The predicted octanol–water partition coefficient (Wildman–Crippen LogP) is 2.23. The third-order valence-corrected chi connectivity index (χ3v) is 2.45. The third-order valence-electron chi connectivity index (χ3n) is 2.45. The minimum Gasteiger partial charge on any atom is -0.440 e. The van der Waals surface area contributed by atoms with Crippen LogP contribution in [0.4, 0.5) is 0 Å². The predicted molar refractivity (Wildman–Crippen MR) is 58.9 cm³/mol. The molecule has 0 unspecified atom stereocenters. The number of rotatable bonds is 1. The largest absolute Gasteiger partial charge is 0.440 e. The maximum Gasteiger partial charge on any atom is 0.192 e. The normalized spacial score (nSPS) is 11.1. The van der Waals surface area contributed by atoms with Gasteiger partial charge in [0.1, 0.15) is 0 Å². The summed E-state index contributed by atoms with van der Waals surface area (Å²) in [6.45, 7) is 3.82. The Hall–Kier alpha value is -2.17. The number of nitrogens with one attached hydrogen (secondary N) is 1. The van der Waals surface area contributed by atoms with E-state index in [2.05, 4.69) is 19.9 Å². The fourth-order valence-electron chi connectivity index (χ4n) is 1.62. The van der Waals surface area contributed by atoms with Crippen LogP contribution in [0.15, 0.2) is 22.9 Å². The molecule has 3 heterocycles. The summed E-state index contributed by atoms with van der Waals surface area (Å²) in [5, 5.41) is 0. The molecular formula is C11H10N4O. The Kier molecular flexibility index (Phi) is 1.80. The molecule has 0 radical (unpaired) electrons. The standard InChI is InChI=1S/C11H10N4O/c1-6-3-4-8-10(13-6)15-11(14-8)9-7(2)12-5-16-9/h3-5H,1-2H3,(H,13,14,15). The van der Waals surface area contributed by atoms with Gasteiger partial charge in [-0.3, -0.25) is 0 Å². The van der Waals surface area contributed by atoms with Crippen LogP contribution in [0.3, 0.4) is 0 Å². The average Bonchev–Trinajstić information content (AvgIpc) is 2.82. The Morgan fingerprint density at radius 2 is 2.06 bits per heavy atom. The van der Waals surface area contributed by atoms with Crippen molar-refractivity contribution in [3.05, 3.63) is 29.9 Å². The molecule has 3 aromatic heterocycles. The Morgan fingerprint density at radius 3 is 2.81 bits per heavy atom. The number of imidazole rings is 1. The second-order valence-electron chi connectivity index (χ2n) is 3.68. The zero-order valence-corrected chi connectivity index (χ0v) is 8.98. The minimum atomic E-state index is 0.663. The lowest BCUT2D eigenvalue weighted by atomic mass is 10.3. The zero-order valence-electron chi connectivity index (χ0n) is 8.98. The van der Waals surface area contributed by atoms with Crippen molar-refractivity contribution in [1.29, 1.82) is 0 Å². The van der Waals surface area contributed by atoms with E-state index in [1.54, 1.807) is 0 Å². The summed E-state index contributed by atoms with van der Waals surface area (Å²) in [5.74, 6) is 1.33. The number of pyridine rings is 1. The van der Waals surface area contributed by atoms with E-state index in [0.29, 0.717) is 17.2 Å². The van der Waals surface area contributed by atoms with E-state index in [-0.39, 0.29) is 0 Å². The van der Waals surface area contributed by atoms with Crippen molar-refractivity contribution >= 4 is 11.2 Å². The summed E-state index contributed by atoms with van der Waals surface area (Å²) in [6.07, 6.45) is 1.41. The third kappa shape index (κ3) is 1.29. The van der Waals surface area contributed by atoms with Gasteiger partial charge in [0.2, 0.25) is 0 Å². The van der Waals surface area contributed by atoms with Crippen molar-refractivity contribution in [3.63, 3.8) is 0 Å². The fraction of sp³-hybridized carbons (Fsp3) is 0.182. The van der Waals surface area contributed by atoms with E-state index in [1.165, 1.54) is 6.39 Å². The molecule has 3 rings (SSSR count). The number of hydrogen-bond acceptors (Lipinski definition) is 4. The van der Waals surface area contributed by atoms with Gasteiger partial charge in [-0.1, -0.05) is 0 Å². The molecule has 0 saturated carbocycles. The van der Waals surface area contributed by atoms with Crippen molar-refractivity contribution in [2.45, 2.75) is 13.8 Å². The molecule has 5 heteroatoms. The van der Waals surface area contributed by atoms with E-state index in [9.17, 15) is 0 Å². The molecule has 0 spiro atoms. The van der Waals surface area contributed by atoms with Gasteiger partial charge in [0, 0.05) is 5.69 Å². The van der Waals surface area contributed by atoms with Gasteiger partial charge in [-0.25, -0.2) is 15.0 Å². The van der Waals surface area contributed by atoms with Gasteiger partial charge in [-0.05, 0) is 26.0 Å². The highest BCUT2D eigenvalue weighted by atomic mass is 16.3. The lowest BCUT2D eigenvalue weighted by Gasteiger charge is -1.88. The van der Waals surface area contributed by atoms with Crippen LogP contribution in [0.1, 0.15) is 11.4 Å². The molecule has 3 aromatic rings. The topological polar surface area (TPSA) is 67.6 Å². The van der Waals surface area contributed by atoms with Gasteiger partial charge in [-0.15, -0.1) is 0 Å². The van der Waals surface area contributed by atoms with Crippen molar-refractivity contribution < 1.29 is 4.42 Å². The number of fused-ring (bicyclic) bond motifs is 1. The first kappa shape index (κ1) is 9.08. The Bertz CT molecular complexity index is 653. The SMILES string of the molecule is Cc1ccc2[nH]c(-c3ocnc3C)nc2n1. The van der Waals surface area contributed by atoms with Crippen LogP contribution in [0.2, 0.25) is 0 Å². The molecule has 0 fully saturated rings. The molecule has 0 amide bonds. The second kappa shape index (κ2) is 3.16. The quantitative estimate of drug-likeness (QED) is 0.674. The first-order valence-corrected chi connectivity index (χ1v) is 4.98. The summed E-state index contributed by atoms with van der Waals surface area (Å²) in [5.41, 5.74) is 3.36. The molecular weight excluding hydrogens is 204 g/mol. The van der Waals surface area contributed by atoms with Gasteiger partial charge in [0.05, 0.1) is 11.2 Å². The van der Waals surface area contributed by atoms with Crippen molar-refractivity contribution in [1.82, 2.24) is 19.9 Å². The molecule has 0 aliphatic heterocycles. The molecule has 0 saturated heterocycles. The van der Waals surface area contributed by atoms with Crippen LogP contribution < -0.4 is 0 Å². The molecule has 80 valence electrons. The molecule has 0 aliphatic rings. The van der Waals surface area contributed by atoms with Gasteiger partial charge >= 0.3 is 0 Å². The maximum absolute atomic E-state index is 5.28. The van der Waals surface area contributed by atoms with Gasteiger partial charge in [-0.2, -0.15) is 0 Å². The number of hydrogen-bond donors (Lipinski definition) is 1. The van der Waals surface area contributed by atoms with Crippen LogP contribution in [0.5, 0.6) is 0 Å². The first-order chi connectivity index (χ1) is 7.74. The minimum absolute atomic E-state index is 0.663. The van der Waals surface area contributed by atoms with Gasteiger partial charge < -0.3 is 9.40 Å². The summed E-state index contributed by atoms with van der Waals surface area (Å²) >= 11 is 0. The lowest BCUT2D eigenvalue weighted by molar-refractivity contribution is 0.567. The highest BCUT2D eigenvalue weighted by Crippen LogP contribution is 2.21. The molecule has 0 bridgehead atoms. The molecule has 16 heavy (non-hydrogen) atoms. The van der Waals surface area contributed by atoms with Crippen LogP contribution in [0.25, 0.3) is 22.7 Å². The van der Waals surface area contributed by atoms with Crippen LogP contribution >= 0.6 is 0 Å². The van der Waals surface area contributed by atoms with Crippen molar-refractivity contribution in [2.24, 2.45) is 0 Å². The Morgan fingerprint density at radius 1 is 1.19 bits per heavy atom. The van der Waals surface area contributed by atoms with Crippen LogP contribution in [0, 0.1) is 13.8 Å². The first-order valence-electron chi connectivity index (χ1n) is 4.98. The summed E-state index contributed by atoms with van der Waals surface area (Å²) < 4.78 is 5.28. The average molecular weight is 214 g/mol. The smallest absolute Gasteiger partial charge is 0.192 e. The number of aromatic amines is 1. The van der Waals surface area contributed by atoms with Crippen LogP contribution in [-0.4, -0.2) is 19.9 Å². The van der Waals surface area contributed by atoms with E-state index in [1.807, 2.05) is 26.0 Å². The molecule has 0 aliphatic carbocycles. The van der Waals surface area contributed by atoms with Gasteiger partial charge in [0.15, 0.2) is 23.6 Å². The molecule has 1 N–H and O–H groups in total. The van der Waals surface area contributed by atoms with Crippen LogP contribution in [-0.2, 0) is 0 Å². The van der Waals surface area contributed by atoms with Crippen molar-refractivity contribution in [2.75, 3.05) is 0 Å². The highest BCUT2D eigenvalue weighted by Gasteiger charge is 2.12.